The molecule has 0 atom stereocenters. The van der Waals surface area contributed by atoms with Gasteiger partial charge in [0.15, 0.2) is 0 Å². The largest absolute Gasteiger partial charge is 0.495 e. The van der Waals surface area contributed by atoms with E-state index >= 15 is 0 Å². The summed E-state index contributed by atoms with van der Waals surface area (Å²) >= 11 is 0. The van der Waals surface area contributed by atoms with Gasteiger partial charge in [-0.25, -0.2) is 21.6 Å². The summed E-state index contributed by atoms with van der Waals surface area (Å²) in [5.41, 5.74) is 1.88. The van der Waals surface area contributed by atoms with Crippen molar-refractivity contribution in [1.82, 2.24) is 4.72 Å². The summed E-state index contributed by atoms with van der Waals surface area (Å²) in [6.45, 7) is 6.38. The van der Waals surface area contributed by atoms with E-state index in [-0.39, 0.29) is 38.7 Å². The van der Waals surface area contributed by atoms with Gasteiger partial charge in [0.2, 0.25) is 15.9 Å². The second-order valence-electron chi connectivity index (χ2n) is 9.19. The minimum Gasteiger partial charge on any atom is -0.495 e. The molecule has 0 aliphatic heterocycles. The lowest BCUT2D eigenvalue weighted by Crippen LogP contribution is -2.38. The van der Waals surface area contributed by atoms with Gasteiger partial charge in [0.1, 0.15) is 18.0 Å². The van der Waals surface area contributed by atoms with E-state index in [4.69, 9.17) is 9.47 Å². The van der Waals surface area contributed by atoms with E-state index < -0.39 is 32.5 Å². The molecule has 12 heteroatoms. The zero-order valence-electron chi connectivity index (χ0n) is 22.7. The van der Waals surface area contributed by atoms with Crippen molar-refractivity contribution in [3.63, 3.8) is 0 Å². The molecule has 0 heterocycles. The zero-order chi connectivity index (χ0) is 29.0. The molecule has 0 aromatic heterocycles. The van der Waals surface area contributed by atoms with E-state index in [1.54, 1.807) is 51.1 Å². The van der Waals surface area contributed by atoms with Crippen molar-refractivity contribution in [3.8, 4) is 11.5 Å². The lowest BCUT2D eigenvalue weighted by atomic mass is 10.2. The summed E-state index contributed by atoms with van der Waals surface area (Å²) in [5, 5.41) is 2.61. The maximum atomic E-state index is 13.8. The van der Waals surface area contributed by atoms with Crippen molar-refractivity contribution in [2.45, 2.75) is 43.5 Å². The van der Waals surface area contributed by atoms with Gasteiger partial charge in [-0.05, 0) is 75.7 Å². The summed E-state index contributed by atoms with van der Waals surface area (Å²) in [6, 6.07) is 15.0. The Morgan fingerprint density at radius 2 is 1.38 bits per heavy atom. The Hall–Kier alpha value is -3.61. The Morgan fingerprint density at radius 1 is 0.821 bits per heavy atom. The van der Waals surface area contributed by atoms with Crippen LogP contribution in [0.5, 0.6) is 11.5 Å². The Kier molecular flexibility index (Phi) is 9.26. The summed E-state index contributed by atoms with van der Waals surface area (Å²) in [4.78, 5) is 13.3. The molecule has 210 valence electrons. The molecule has 10 nitrogen and oxygen atoms in total. The lowest BCUT2D eigenvalue weighted by molar-refractivity contribution is -0.114. The van der Waals surface area contributed by atoms with E-state index in [1.165, 1.54) is 44.6 Å². The quantitative estimate of drug-likeness (QED) is 0.355. The number of hydrogen-bond acceptors (Lipinski definition) is 7. The maximum Gasteiger partial charge on any atom is 0.264 e. The first-order chi connectivity index (χ1) is 18.3. The lowest BCUT2D eigenvalue weighted by Gasteiger charge is -2.26. The average molecular weight is 576 g/mol. The van der Waals surface area contributed by atoms with Crippen LogP contribution in [0.4, 0.5) is 11.4 Å². The van der Waals surface area contributed by atoms with Gasteiger partial charge < -0.3 is 14.8 Å². The summed E-state index contributed by atoms with van der Waals surface area (Å²) in [5.74, 6) is -0.263. The molecule has 0 unspecified atom stereocenters. The van der Waals surface area contributed by atoms with Crippen molar-refractivity contribution in [1.29, 1.82) is 0 Å². The van der Waals surface area contributed by atoms with Gasteiger partial charge in [0.05, 0.1) is 35.4 Å². The number of rotatable bonds is 11. The number of methoxy groups -OCH3 is 2. The summed E-state index contributed by atoms with van der Waals surface area (Å²) in [7, 11) is -5.30. The number of nitrogens with one attached hydrogen (secondary N) is 2. The van der Waals surface area contributed by atoms with Crippen molar-refractivity contribution in [2.24, 2.45) is 0 Å². The van der Waals surface area contributed by atoms with Crippen LogP contribution in [0.1, 0.15) is 25.0 Å². The van der Waals surface area contributed by atoms with Crippen LogP contribution >= 0.6 is 0 Å². The van der Waals surface area contributed by atoms with Gasteiger partial charge in [-0.3, -0.25) is 9.10 Å². The highest BCUT2D eigenvalue weighted by atomic mass is 32.2. The molecule has 2 N–H and O–H groups in total. The molecule has 0 aliphatic carbocycles. The second-order valence-corrected chi connectivity index (χ2v) is 12.8. The number of sulfonamides is 2. The van der Waals surface area contributed by atoms with Crippen LogP contribution in [0.3, 0.4) is 0 Å². The average Bonchev–Trinajstić information content (AvgIpc) is 2.86. The van der Waals surface area contributed by atoms with Crippen molar-refractivity contribution >= 4 is 37.3 Å². The fourth-order valence-corrected chi connectivity index (χ4v) is 6.48. The Labute approximate surface area is 230 Å². The van der Waals surface area contributed by atoms with Gasteiger partial charge in [-0.2, -0.15) is 0 Å². The third kappa shape index (κ3) is 7.08. The molecular weight excluding hydrogens is 542 g/mol. The molecule has 0 bridgehead atoms. The third-order valence-electron chi connectivity index (χ3n) is 5.65. The second kappa shape index (κ2) is 12.1. The predicted octanol–water partition coefficient (Wildman–Crippen LogP) is 3.84. The number of ether oxygens (including phenoxy) is 2. The Morgan fingerprint density at radius 3 is 1.97 bits per heavy atom. The SMILES string of the molecule is COc1ccc(S(=O)(=O)NC(C)C)cc1NC(=O)CN(c1cc(C)ccc1OC)S(=O)(=O)c1ccc(C)cc1. The van der Waals surface area contributed by atoms with Crippen molar-refractivity contribution in [2.75, 3.05) is 30.4 Å². The van der Waals surface area contributed by atoms with Crippen LogP contribution in [0, 0.1) is 13.8 Å². The molecule has 1 amide bonds. The van der Waals surface area contributed by atoms with Gasteiger partial charge in [0, 0.05) is 6.04 Å². The number of hydrogen-bond donors (Lipinski definition) is 2. The fourth-order valence-electron chi connectivity index (χ4n) is 3.78. The first-order valence-electron chi connectivity index (χ1n) is 12.0. The summed E-state index contributed by atoms with van der Waals surface area (Å²) < 4.78 is 67.2. The third-order valence-corrected chi connectivity index (χ3v) is 9.08. The molecule has 0 spiro atoms. The Bertz CT molecular complexity index is 1550. The molecule has 0 fully saturated rings. The van der Waals surface area contributed by atoms with E-state index in [2.05, 4.69) is 10.0 Å². The zero-order valence-corrected chi connectivity index (χ0v) is 24.3. The van der Waals surface area contributed by atoms with Crippen LogP contribution < -0.4 is 23.8 Å². The van der Waals surface area contributed by atoms with E-state index in [0.717, 1.165) is 15.4 Å². The minimum absolute atomic E-state index is 0.00473. The Balaban J connectivity index is 2.04. The predicted molar refractivity (Wildman–Crippen MR) is 151 cm³/mol. The number of anilines is 2. The molecule has 0 radical (unpaired) electrons. The smallest absolute Gasteiger partial charge is 0.264 e. The highest BCUT2D eigenvalue weighted by molar-refractivity contribution is 7.93. The number of aryl methyl sites for hydroxylation is 2. The molecule has 3 aromatic rings. The number of nitrogens with zero attached hydrogens (tertiary/aromatic N) is 1. The van der Waals surface area contributed by atoms with Crippen LogP contribution in [0.2, 0.25) is 0 Å². The van der Waals surface area contributed by atoms with Gasteiger partial charge in [-0.1, -0.05) is 23.8 Å². The molecular formula is C27H33N3O7S2. The number of amides is 1. The van der Waals surface area contributed by atoms with Crippen LogP contribution in [-0.2, 0) is 24.8 Å². The highest BCUT2D eigenvalue weighted by Crippen LogP contribution is 2.34. The molecule has 0 saturated carbocycles. The number of benzene rings is 3. The van der Waals surface area contributed by atoms with Crippen LogP contribution in [-0.4, -0.2) is 49.5 Å². The van der Waals surface area contributed by atoms with E-state index in [1.807, 2.05) is 6.92 Å². The van der Waals surface area contributed by atoms with Gasteiger partial charge >= 0.3 is 0 Å². The molecule has 3 aromatic carbocycles. The topological polar surface area (TPSA) is 131 Å². The van der Waals surface area contributed by atoms with E-state index in [9.17, 15) is 21.6 Å². The monoisotopic (exact) mass is 575 g/mol. The number of carbonyl (C=O) groups is 1. The fraction of sp³-hybridized carbons (Fsp3) is 0.296. The maximum absolute atomic E-state index is 13.8. The van der Waals surface area contributed by atoms with Crippen LogP contribution in [0.25, 0.3) is 0 Å². The minimum atomic E-state index is -4.21. The first kappa shape index (κ1) is 29.9. The number of carbonyl (C=O) groups excluding carboxylic acids is 1. The van der Waals surface area contributed by atoms with Crippen molar-refractivity contribution in [3.05, 3.63) is 71.8 Å². The van der Waals surface area contributed by atoms with Gasteiger partial charge in [-0.15, -0.1) is 0 Å². The normalized spacial score (nSPS) is 11.8. The van der Waals surface area contributed by atoms with Crippen LogP contribution in [0.15, 0.2) is 70.5 Å². The molecule has 39 heavy (non-hydrogen) atoms. The summed E-state index contributed by atoms with van der Waals surface area (Å²) in [6.07, 6.45) is 0. The highest BCUT2D eigenvalue weighted by Gasteiger charge is 2.30. The molecule has 0 aliphatic rings. The van der Waals surface area contributed by atoms with Gasteiger partial charge in [0.25, 0.3) is 10.0 Å². The standard InChI is InChI=1S/C27H33N3O7S2/c1-18(2)29-38(32,33)22-12-14-25(36-5)23(16-22)28-27(31)17-30(24-15-20(4)9-13-26(24)37-6)39(34,35)21-10-7-19(3)8-11-21/h7-16,18,29H,17H2,1-6H3,(H,28,31). The molecule has 3 rings (SSSR count). The first-order valence-corrected chi connectivity index (χ1v) is 14.9. The molecule has 0 saturated heterocycles. The van der Waals surface area contributed by atoms with Crippen molar-refractivity contribution < 1.29 is 31.1 Å². The van der Waals surface area contributed by atoms with E-state index in [0.29, 0.717) is 0 Å².